The van der Waals surface area contributed by atoms with Crippen molar-refractivity contribution in [2.45, 2.75) is 27.7 Å². The van der Waals surface area contributed by atoms with Crippen LogP contribution < -0.4 is 4.90 Å². The molecule has 0 aromatic carbocycles. The van der Waals surface area contributed by atoms with Gasteiger partial charge in [-0.3, -0.25) is 0 Å². The number of nitrogens with zero attached hydrogens (tertiary/aromatic N) is 1. The van der Waals surface area contributed by atoms with E-state index in [4.69, 9.17) is 0 Å². The van der Waals surface area contributed by atoms with Crippen LogP contribution in [0.25, 0.3) is 0 Å². The van der Waals surface area contributed by atoms with Gasteiger partial charge in [-0.15, -0.1) is 11.3 Å². The van der Waals surface area contributed by atoms with Crippen molar-refractivity contribution in [3.63, 3.8) is 0 Å². The standard InChI is InChI=1S/C6H15N.C4H4NOS2/c1-4-7(5-2)6-3;1-3-2-8-4(7)5(3)6/h4-6H2,1-3H3;2H,1H3/q;-1/p+1. The van der Waals surface area contributed by atoms with E-state index >= 15 is 0 Å². The van der Waals surface area contributed by atoms with E-state index in [1.807, 2.05) is 0 Å². The fourth-order valence-corrected chi connectivity index (χ4v) is 2.02. The third-order valence-corrected chi connectivity index (χ3v) is 3.60. The zero-order valence-electron chi connectivity index (χ0n) is 9.87. The molecule has 0 spiro atoms. The van der Waals surface area contributed by atoms with E-state index < -0.39 is 0 Å². The van der Waals surface area contributed by atoms with Crippen LogP contribution in [0.4, 0.5) is 0 Å². The van der Waals surface area contributed by atoms with Gasteiger partial charge in [-0.25, -0.2) is 0 Å². The highest BCUT2D eigenvalue weighted by Gasteiger charge is 1.92. The number of hydrogen-bond donors (Lipinski definition) is 1. The van der Waals surface area contributed by atoms with Gasteiger partial charge in [0.25, 0.3) is 0 Å². The number of nitrogens with one attached hydrogen (secondary N) is 1. The third kappa shape index (κ3) is 5.30. The van der Waals surface area contributed by atoms with Crippen LogP contribution in [-0.4, -0.2) is 24.4 Å². The van der Waals surface area contributed by atoms with E-state index in [9.17, 15) is 5.21 Å². The van der Waals surface area contributed by atoms with Gasteiger partial charge in [-0.05, 0) is 39.9 Å². The average molecular weight is 248 g/mol. The van der Waals surface area contributed by atoms with Gasteiger partial charge >= 0.3 is 0 Å². The second-order valence-electron chi connectivity index (χ2n) is 3.25. The summed E-state index contributed by atoms with van der Waals surface area (Å²) in [7, 11) is 0. The Kier molecular flexibility index (Phi) is 7.64. The second kappa shape index (κ2) is 7.84. The summed E-state index contributed by atoms with van der Waals surface area (Å²) in [6.45, 7) is 12.2. The molecular weight excluding hydrogens is 228 g/mol. The van der Waals surface area contributed by atoms with Crippen molar-refractivity contribution < 1.29 is 4.90 Å². The molecule has 0 radical (unpaired) electrons. The predicted molar refractivity (Wildman–Crippen MR) is 69.2 cm³/mol. The maximum Gasteiger partial charge on any atom is 0.156 e. The zero-order valence-corrected chi connectivity index (χ0v) is 11.5. The molecule has 0 aliphatic rings. The van der Waals surface area contributed by atoms with Gasteiger partial charge in [-0.2, -0.15) is 0 Å². The number of aryl methyl sites for hydroxylation is 1. The summed E-state index contributed by atoms with van der Waals surface area (Å²) in [5, 5.41) is 12.3. The van der Waals surface area contributed by atoms with E-state index in [2.05, 4.69) is 33.0 Å². The zero-order chi connectivity index (χ0) is 11.8. The summed E-state index contributed by atoms with van der Waals surface area (Å²) in [4.78, 5) is 1.68. The number of thiazole rings is 1. The molecule has 0 bridgehead atoms. The van der Waals surface area contributed by atoms with Gasteiger partial charge in [0.15, 0.2) is 3.95 Å². The van der Waals surface area contributed by atoms with Gasteiger partial charge in [0.05, 0.1) is 19.6 Å². The number of hydrogen-bond acceptors (Lipinski definition) is 3. The molecule has 0 amide bonds. The molecule has 1 aromatic heterocycles. The minimum atomic E-state index is 0.391. The molecule has 15 heavy (non-hydrogen) atoms. The molecule has 5 heteroatoms. The van der Waals surface area contributed by atoms with Crippen LogP contribution in [0.1, 0.15) is 26.5 Å². The molecule has 0 fully saturated rings. The lowest BCUT2D eigenvalue weighted by Gasteiger charge is -2.10. The lowest BCUT2D eigenvalue weighted by molar-refractivity contribution is -0.894. The summed E-state index contributed by atoms with van der Waals surface area (Å²) < 4.78 is 1.14. The Morgan fingerprint density at radius 1 is 1.33 bits per heavy atom. The van der Waals surface area contributed by atoms with Gasteiger partial charge < -0.3 is 14.8 Å². The monoisotopic (exact) mass is 248 g/mol. The van der Waals surface area contributed by atoms with Crippen molar-refractivity contribution in [1.29, 1.82) is 0 Å². The van der Waals surface area contributed by atoms with Crippen LogP contribution >= 0.6 is 23.6 Å². The van der Waals surface area contributed by atoms with E-state index in [1.54, 1.807) is 17.2 Å². The van der Waals surface area contributed by atoms with Gasteiger partial charge in [0.2, 0.25) is 0 Å². The summed E-state index contributed by atoms with van der Waals surface area (Å²) >= 11 is 5.94. The fraction of sp³-hybridized carbons (Fsp3) is 0.700. The Hall–Kier alpha value is -0.390. The summed E-state index contributed by atoms with van der Waals surface area (Å²) in [5.41, 5.74) is 0.681. The quantitative estimate of drug-likeness (QED) is 0.828. The van der Waals surface area contributed by atoms with Crippen molar-refractivity contribution in [2.24, 2.45) is 0 Å². The first kappa shape index (κ1) is 14.6. The lowest BCUT2D eigenvalue weighted by atomic mass is 10.5. The number of aromatic nitrogens is 1. The van der Waals surface area contributed by atoms with Crippen molar-refractivity contribution in [3.8, 4) is 0 Å². The summed E-state index contributed by atoms with van der Waals surface area (Å²) in [6.07, 6.45) is 0. The van der Waals surface area contributed by atoms with Crippen molar-refractivity contribution in [2.75, 3.05) is 19.6 Å². The van der Waals surface area contributed by atoms with E-state index in [0.29, 0.717) is 9.65 Å². The molecule has 1 aromatic rings. The smallest absolute Gasteiger partial charge is 0.156 e. The van der Waals surface area contributed by atoms with Crippen molar-refractivity contribution in [3.05, 3.63) is 20.2 Å². The SMILES string of the molecule is CC[NH+](CC)CC.Cc1csc(=S)n1[O-]. The molecule has 0 aliphatic carbocycles. The first-order valence-corrected chi connectivity index (χ1v) is 6.53. The maximum absolute atomic E-state index is 10.6. The molecule has 0 saturated carbocycles. The Morgan fingerprint density at radius 3 is 1.87 bits per heavy atom. The fourth-order valence-electron chi connectivity index (χ4n) is 1.13. The van der Waals surface area contributed by atoms with Gasteiger partial charge in [0.1, 0.15) is 0 Å². The molecule has 0 saturated heterocycles. The van der Waals surface area contributed by atoms with Crippen LogP contribution in [0.3, 0.4) is 0 Å². The Balaban J connectivity index is 0.000000265. The highest BCUT2D eigenvalue weighted by molar-refractivity contribution is 7.73. The van der Waals surface area contributed by atoms with E-state index in [1.165, 1.54) is 31.0 Å². The largest absolute Gasteiger partial charge is 0.804 e. The minimum Gasteiger partial charge on any atom is -0.804 e. The van der Waals surface area contributed by atoms with Gasteiger partial charge in [-0.1, -0.05) is 0 Å². The topological polar surface area (TPSA) is 32.4 Å². The molecule has 1 heterocycles. The Bertz CT molecular complexity index is 310. The highest BCUT2D eigenvalue weighted by atomic mass is 32.1. The number of rotatable bonds is 3. The van der Waals surface area contributed by atoms with Crippen molar-refractivity contribution >= 4 is 23.6 Å². The van der Waals surface area contributed by atoms with Crippen LogP contribution in [-0.2, 0) is 0 Å². The van der Waals surface area contributed by atoms with Crippen LogP contribution in [0, 0.1) is 16.1 Å². The molecule has 1 N–H and O–H groups in total. The molecule has 0 atom stereocenters. The Labute approximate surface area is 101 Å². The van der Waals surface area contributed by atoms with Gasteiger partial charge in [0, 0.05) is 11.1 Å². The second-order valence-corrected chi connectivity index (χ2v) is 4.75. The predicted octanol–water partition coefficient (Wildman–Crippen LogP) is 1.86. The first-order chi connectivity index (χ1) is 7.06. The van der Waals surface area contributed by atoms with Crippen LogP contribution in [0.2, 0.25) is 0 Å². The van der Waals surface area contributed by atoms with E-state index in [-0.39, 0.29) is 0 Å². The summed E-state index contributed by atoms with van der Waals surface area (Å²) in [5.74, 6) is 0. The molecule has 88 valence electrons. The number of quaternary nitrogens is 1. The molecule has 0 unspecified atom stereocenters. The minimum absolute atomic E-state index is 0.391. The van der Waals surface area contributed by atoms with Crippen LogP contribution in [0.15, 0.2) is 5.38 Å². The van der Waals surface area contributed by atoms with E-state index in [0.717, 1.165) is 4.73 Å². The first-order valence-electron chi connectivity index (χ1n) is 5.24. The third-order valence-electron chi connectivity index (χ3n) is 2.32. The molecule has 1 rings (SSSR count). The van der Waals surface area contributed by atoms with Crippen LogP contribution in [0.5, 0.6) is 0 Å². The maximum atomic E-state index is 10.6. The normalized spacial score (nSPS) is 9.93. The summed E-state index contributed by atoms with van der Waals surface area (Å²) in [6, 6.07) is 0. The highest BCUT2D eigenvalue weighted by Crippen LogP contribution is 2.06. The molecular formula is C10H20N2OS2. The molecule has 0 aliphatic heterocycles. The van der Waals surface area contributed by atoms with Crippen molar-refractivity contribution in [1.82, 2.24) is 4.73 Å². The lowest BCUT2D eigenvalue weighted by Crippen LogP contribution is -3.11. The Morgan fingerprint density at radius 2 is 1.80 bits per heavy atom. The molecule has 3 nitrogen and oxygen atoms in total. The average Bonchev–Trinajstić information content (AvgIpc) is 2.53.